The third kappa shape index (κ3) is 4.16. The van der Waals surface area contributed by atoms with Crippen LogP contribution in [0, 0.1) is 10.1 Å². The smallest absolute Gasteiger partial charge is 0.288 e. The molecule has 0 fully saturated rings. The molecule has 0 spiro atoms. The molecule has 0 aliphatic carbocycles. The lowest BCUT2D eigenvalue weighted by atomic mass is 10.1. The van der Waals surface area contributed by atoms with Crippen molar-refractivity contribution in [2.24, 2.45) is 0 Å². The molecular formula is C14H14BrN3O3. The molecule has 0 aliphatic heterocycles. The van der Waals surface area contributed by atoms with E-state index in [1.54, 1.807) is 7.11 Å². The number of rotatable bonds is 6. The minimum absolute atomic E-state index is 0.0393. The lowest BCUT2D eigenvalue weighted by Gasteiger charge is -2.08. The van der Waals surface area contributed by atoms with E-state index in [1.807, 2.05) is 24.3 Å². The van der Waals surface area contributed by atoms with Gasteiger partial charge in [0.15, 0.2) is 0 Å². The van der Waals surface area contributed by atoms with Gasteiger partial charge in [-0.25, -0.2) is 4.98 Å². The van der Waals surface area contributed by atoms with Crippen molar-refractivity contribution in [3.63, 3.8) is 0 Å². The van der Waals surface area contributed by atoms with Gasteiger partial charge < -0.3 is 10.1 Å². The van der Waals surface area contributed by atoms with Gasteiger partial charge >= 0.3 is 0 Å². The molecule has 0 unspecified atom stereocenters. The van der Waals surface area contributed by atoms with E-state index < -0.39 is 4.92 Å². The molecule has 7 heteroatoms. The Balaban J connectivity index is 1.92. The second-order valence-electron chi connectivity index (χ2n) is 4.31. The van der Waals surface area contributed by atoms with Crippen LogP contribution in [0.2, 0.25) is 0 Å². The Hall–Kier alpha value is -2.15. The molecule has 1 heterocycles. The summed E-state index contributed by atoms with van der Waals surface area (Å²) in [6.07, 6.45) is 2.05. The molecule has 0 radical (unpaired) electrons. The third-order valence-corrected chi connectivity index (χ3v) is 3.51. The second-order valence-corrected chi connectivity index (χ2v) is 5.16. The Morgan fingerprint density at radius 2 is 2.10 bits per heavy atom. The highest BCUT2D eigenvalue weighted by molar-refractivity contribution is 9.10. The number of aromatic nitrogens is 1. The zero-order valence-corrected chi connectivity index (χ0v) is 13.0. The monoisotopic (exact) mass is 351 g/mol. The Labute approximate surface area is 130 Å². The quantitative estimate of drug-likeness (QED) is 0.637. The summed E-state index contributed by atoms with van der Waals surface area (Å²) in [7, 11) is 1.63. The fourth-order valence-electron chi connectivity index (χ4n) is 1.78. The van der Waals surface area contributed by atoms with Crippen LogP contribution in [-0.4, -0.2) is 23.6 Å². The summed E-state index contributed by atoms with van der Waals surface area (Å²) in [5.41, 5.74) is 1.13. The summed E-state index contributed by atoms with van der Waals surface area (Å²) in [5, 5.41) is 13.8. The molecule has 110 valence electrons. The Kier molecular flexibility index (Phi) is 5.10. The zero-order chi connectivity index (χ0) is 15.2. The molecule has 1 aromatic heterocycles. The van der Waals surface area contributed by atoms with E-state index in [0.717, 1.165) is 12.2 Å². The maximum atomic E-state index is 10.6. The zero-order valence-electron chi connectivity index (χ0n) is 11.4. The molecule has 6 nitrogen and oxygen atoms in total. The number of halogens is 1. The van der Waals surface area contributed by atoms with Gasteiger partial charge in [0.2, 0.25) is 0 Å². The molecule has 0 amide bonds. The normalized spacial score (nSPS) is 10.2. The molecule has 2 aromatic rings. The van der Waals surface area contributed by atoms with Crippen LogP contribution < -0.4 is 10.1 Å². The number of ether oxygens (including phenoxy) is 1. The van der Waals surface area contributed by atoms with Crippen molar-refractivity contribution in [1.29, 1.82) is 0 Å². The summed E-state index contributed by atoms with van der Waals surface area (Å²) in [4.78, 5) is 14.2. The van der Waals surface area contributed by atoms with Gasteiger partial charge in [-0.3, -0.25) is 10.1 Å². The average Bonchev–Trinajstić information content (AvgIpc) is 2.49. The van der Waals surface area contributed by atoms with Gasteiger partial charge in [0.1, 0.15) is 17.8 Å². The third-order valence-electron chi connectivity index (χ3n) is 2.90. The summed E-state index contributed by atoms with van der Waals surface area (Å²) >= 11 is 3.27. The van der Waals surface area contributed by atoms with Crippen LogP contribution in [0.1, 0.15) is 5.56 Å². The highest BCUT2D eigenvalue weighted by Crippen LogP contribution is 2.24. The number of nitro groups is 1. The molecule has 1 N–H and O–H groups in total. The average molecular weight is 352 g/mol. The van der Waals surface area contributed by atoms with Gasteiger partial charge in [0.05, 0.1) is 16.5 Å². The summed E-state index contributed by atoms with van der Waals surface area (Å²) in [6.45, 7) is 0.676. The van der Waals surface area contributed by atoms with E-state index in [1.165, 1.54) is 17.8 Å². The van der Waals surface area contributed by atoms with E-state index in [4.69, 9.17) is 4.74 Å². The molecular weight excluding hydrogens is 338 g/mol. The summed E-state index contributed by atoms with van der Waals surface area (Å²) in [5.74, 6) is 1.42. The Morgan fingerprint density at radius 1 is 1.38 bits per heavy atom. The molecule has 0 bridgehead atoms. The van der Waals surface area contributed by atoms with Crippen LogP contribution in [0.25, 0.3) is 0 Å². The van der Waals surface area contributed by atoms with Crippen LogP contribution in [0.5, 0.6) is 5.75 Å². The number of benzene rings is 1. The van der Waals surface area contributed by atoms with Gasteiger partial charge in [0, 0.05) is 12.6 Å². The van der Waals surface area contributed by atoms with E-state index in [2.05, 4.69) is 26.2 Å². The fraction of sp³-hybridized carbons (Fsp3) is 0.214. The van der Waals surface area contributed by atoms with Crippen molar-refractivity contribution in [2.75, 3.05) is 19.0 Å². The molecule has 0 saturated heterocycles. The highest BCUT2D eigenvalue weighted by atomic mass is 79.9. The first-order chi connectivity index (χ1) is 10.1. The summed E-state index contributed by atoms with van der Waals surface area (Å²) < 4.78 is 5.68. The first-order valence-corrected chi connectivity index (χ1v) is 7.06. The van der Waals surface area contributed by atoms with Crippen LogP contribution in [0.4, 0.5) is 11.5 Å². The van der Waals surface area contributed by atoms with Crippen molar-refractivity contribution in [3.05, 3.63) is 56.7 Å². The largest absolute Gasteiger partial charge is 0.497 e. The molecule has 0 aliphatic rings. The number of methoxy groups -OCH3 is 1. The lowest BCUT2D eigenvalue weighted by molar-refractivity contribution is -0.385. The van der Waals surface area contributed by atoms with Gasteiger partial charge in [0.25, 0.3) is 5.69 Å². The lowest BCUT2D eigenvalue weighted by Crippen LogP contribution is -2.07. The number of nitrogens with zero attached hydrogens (tertiary/aromatic N) is 2. The number of pyridine rings is 1. The molecule has 21 heavy (non-hydrogen) atoms. The predicted molar refractivity (Wildman–Crippen MR) is 83.8 cm³/mol. The van der Waals surface area contributed by atoms with E-state index >= 15 is 0 Å². The van der Waals surface area contributed by atoms with Crippen molar-refractivity contribution < 1.29 is 9.66 Å². The molecule has 0 atom stereocenters. The van der Waals surface area contributed by atoms with Gasteiger partial charge in [-0.05, 0) is 40.0 Å². The Bertz CT molecular complexity index is 632. The van der Waals surface area contributed by atoms with Crippen LogP contribution in [0.15, 0.2) is 41.0 Å². The first kappa shape index (κ1) is 15.2. The van der Waals surface area contributed by atoms with Crippen LogP contribution >= 0.6 is 15.9 Å². The highest BCUT2D eigenvalue weighted by Gasteiger charge is 2.10. The van der Waals surface area contributed by atoms with Crippen molar-refractivity contribution in [1.82, 2.24) is 4.98 Å². The SMILES string of the molecule is COc1ccc(CCNc2ncc([N+](=O)[O-])cc2Br)cc1. The minimum Gasteiger partial charge on any atom is -0.497 e. The molecule has 0 saturated carbocycles. The van der Waals surface area contributed by atoms with E-state index in [9.17, 15) is 10.1 Å². The molecule has 2 rings (SSSR count). The minimum atomic E-state index is -0.473. The van der Waals surface area contributed by atoms with E-state index in [0.29, 0.717) is 16.8 Å². The van der Waals surface area contributed by atoms with Gasteiger partial charge in [-0.1, -0.05) is 12.1 Å². The fourth-order valence-corrected chi connectivity index (χ4v) is 2.25. The van der Waals surface area contributed by atoms with Crippen molar-refractivity contribution in [3.8, 4) is 5.75 Å². The van der Waals surface area contributed by atoms with Gasteiger partial charge in [-0.15, -0.1) is 0 Å². The van der Waals surface area contributed by atoms with Crippen molar-refractivity contribution in [2.45, 2.75) is 6.42 Å². The van der Waals surface area contributed by atoms with Crippen LogP contribution in [-0.2, 0) is 6.42 Å². The first-order valence-electron chi connectivity index (χ1n) is 6.27. The molecule has 1 aromatic carbocycles. The van der Waals surface area contributed by atoms with Crippen molar-refractivity contribution >= 4 is 27.4 Å². The van der Waals surface area contributed by atoms with Gasteiger partial charge in [-0.2, -0.15) is 0 Å². The standard InChI is InChI=1S/C14H14BrN3O3/c1-21-12-4-2-10(3-5-12)6-7-16-14-13(15)8-11(9-17-14)18(19)20/h2-5,8-9H,6-7H2,1H3,(H,16,17). The second kappa shape index (κ2) is 7.03. The maximum absolute atomic E-state index is 10.6. The summed E-state index contributed by atoms with van der Waals surface area (Å²) in [6, 6.07) is 9.26. The topological polar surface area (TPSA) is 77.3 Å². The number of hydrogen-bond donors (Lipinski definition) is 1. The number of nitrogens with one attached hydrogen (secondary N) is 1. The Morgan fingerprint density at radius 3 is 2.67 bits per heavy atom. The maximum Gasteiger partial charge on any atom is 0.288 e. The number of hydrogen-bond acceptors (Lipinski definition) is 5. The predicted octanol–water partition coefficient (Wildman–Crippen LogP) is 3.42. The number of anilines is 1. The van der Waals surface area contributed by atoms with Crippen LogP contribution in [0.3, 0.4) is 0 Å². The van der Waals surface area contributed by atoms with E-state index in [-0.39, 0.29) is 5.69 Å².